The molecule has 3 rings (SSSR count). The first-order valence-electron chi connectivity index (χ1n) is 6.56. The Hall–Kier alpha value is -1.98. The zero-order valence-corrected chi connectivity index (χ0v) is 13.1. The van der Waals surface area contributed by atoms with Crippen LogP contribution in [-0.2, 0) is 4.79 Å². The number of furan rings is 1. The van der Waals surface area contributed by atoms with E-state index in [4.69, 9.17) is 27.6 Å². The van der Waals surface area contributed by atoms with Gasteiger partial charge < -0.3 is 9.52 Å². The van der Waals surface area contributed by atoms with Crippen molar-refractivity contribution in [3.8, 4) is 5.75 Å². The minimum absolute atomic E-state index is 0.103. The van der Waals surface area contributed by atoms with E-state index in [1.165, 1.54) is 18.0 Å². The van der Waals surface area contributed by atoms with Gasteiger partial charge in [0.2, 0.25) is 5.91 Å². The largest absolute Gasteiger partial charge is 0.506 e. The van der Waals surface area contributed by atoms with Gasteiger partial charge in [-0.05, 0) is 24.3 Å². The van der Waals surface area contributed by atoms with Crippen LogP contribution >= 0.6 is 23.2 Å². The normalized spacial score (nSPS) is 17.7. The molecule has 1 unspecified atom stereocenters. The minimum Gasteiger partial charge on any atom is -0.506 e. The van der Waals surface area contributed by atoms with Gasteiger partial charge in [-0.15, -0.1) is 0 Å². The van der Waals surface area contributed by atoms with Gasteiger partial charge in [0.25, 0.3) is 0 Å². The molecule has 0 radical (unpaired) electrons. The Labute approximate surface area is 136 Å². The van der Waals surface area contributed by atoms with Crippen molar-refractivity contribution in [1.82, 2.24) is 5.01 Å². The maximum atomic E-state index is 11.8. The van der Waals surface area contributed by atoms with E-state index >= 15 is 0 Å². The van der Waals surface area contributed by atoms with E-state index in [-0.39, 0.29) is 22.7 Å². The molecule has 1 N–H and O–H groups in total. The van der Waals surface area contributed by atoms with Crippen molar-refractivity contribution in [1.29, 1.82) is 0 Å². The number of amides is 1. The molecule has 22 heavy (non-hydrogen) atoms. The van der Waals surface area contributed by atoms with Gasteiger partial charge in [0, 0.05) is 23.9 Å². The van der Waals surface area contributed by atoms with Crippen LogP contribution in [0.5, 0.6) is 5.75 Å². The summed E-state index contributed by atoms with van der Waals surface area (Å²) in [6.45, 7) is 1.42. The Balaban J connectivity index is 2.03. The third kappa shape index (κ3) is 2.58. The number of carbonyl (C=O) groups excluding carboxylic acids is 1. The van der Waals surface area contributed by atoms with Gasteiger partial charge in [0.1, 0.15) is 17.6 Å². The molecule has 7 heteroatoms. The number of aromatic hydroxyl groups is 1. The SMILES string of the molecule is CC(=O)N1N=C(c2cc(Cl)cc(Cl)c2O)CC1c1ccco1. The lowest BCUT2D eigenvalue weighted by Crippen LogP contribution is -2.23. The van der Waals surface area contributed by atoms with E-state index in [9.17, 15) is 9.90 Å². The number of halogens is 2. The van der Waals surface area contributed by atoms with Crippen LogP contribution in [0.25, 0.3) is 0 Å². The van der Waals surface area contributed by atoms with Crippen LogP contribution in [0.15, 0.2) is 40.0 Å². The molecular weight excluding hydrogens is 327 g/mol. The van der Waals surface area contributed by atoms with Gasteiger partial charge in [0.05, 0.1) is 17.0 Å². The van der Waals surface area contributed by atoms with Crippen LogP contribution in [0, 0.1) is 0 Å². The second-order valence-corrected chi connectivity index (χ2v) is 5.77. The van der Waals surface area contributed by atoms with E-state index in [2.05, 4.69) is 5.10 Å². The zero-order chi connectivity index (χ0) is 15.9. The topological polar surface area (TPSA) is 66.0 Å². The first-order valence-corrected chi connectivity index (χ1v) is 7.32. The van der Waals surface area contributed by atoms with Crippen LogP contribution in [0.1, 0.15) is 30.7 Å². The summed E-state index contributed by atoms with van der Waals surface area (Å²) in [5, 5.41) is 16.3. The fourth-order valence-electron chi connectivity index (χ4n) is 2.45. The maximum Gasteiger partial charge on any atom is 0.240 e. The predicted molar refractivity (Wildman–Crippen MR) is 83.2 cm³/mol. The Kier molecular flexibility index (Phi) is 3.85. The summed E-state index contributed by atoms with van der Waals surface area (Å²) < 4.78 is 5.38. The van der Waals surface area contributed by atoms with Crippen LogP contribution in [0.3, 0.4) is 0 Å². The number of benzene rings is 1. The summed E-state index contributed by atoms with van der Waals surface area (Å²) in [5.41, 5.74) is 0.941. The summed E-state index contributed by atoms with van der Waals surface area (Å²) in [5.74, 6) is 0.305. The molecule has 0 fully saturated rings. The van der Waals surface area contributed by atoms with Crippen LogP contribution in [0.4, 0.5) is 0 Å². The number of nitrogens with zero attached hydrogens (tertiary/aromatic N) is 2. The molecular formula is C15H12Cl2N2O3. The lowest BCUT2D eigenvalue weighted by atomic mass is 10.0. The monoisotopic (exact) mass is 338 g/mol. The van der Waals surface area contributed by atoms with Crippen molar-refractivity contribution in [3.63, 3.8) is 0 Å². The molecule has 1 aliphatic heterocycles. The van der Waals surface area contributed by atoms with Crippen molar-refractivity contribution in [2.75, 3.05) is 0 Å². The minimum atomic E-state index is -0.348. The number of hydrazone groups is 1. The number of phenolic OH excluding ortho intramolecular Hbond substituents is 1. The van der Waals surface area contributed by atoms with Gasteiger partial charge >= 0.3 is 0 Å². The molecule has 1 atom stereocenters. The summed E-state index contributed by atoms with van der Waals surface area (Å²) in [4.78, 5) is 11.8. The fourth-order valence-corrected chi connectivity index (χ4v) is 2.95. The molecule has 0 saturated heterocycles. The summed E-state index contributed by atoms with van der Waals surface area (Å²) >= 11 is 11.9. The number of hydrogen-bond acceptors (Lipinski definition) is 4. The Bertz CT molecular complexity index is 756. The van der Waals surface area contributed by atoms with E-state index < -0.39 is 0 Å². The van der Waals surface area contributed by atoms with Crippen LogP contribution < -0.4 is 0 Å². The van der Waals surface area contributed by atoms with Gasteiger partial charge in [-0.2, -0.15) is 5.10 Å². The van der Waals surface area contributed by atoms with E-state index in [0.717, 1.165) is 0 Å². The van der Waals surface area contributed by atoms with Gasteiger partial charge in [-0.3, -0.25) is 4.79 Å². The highest BCUT2D eigenvalue weighted by Crippen LogP contribution is 2.38. The summed E-state index contributed by atoms with van der Waals surface area (Å²) in [6.07, 6.45) is 1.94. The number of phenols is 1. The smallest absolute Gasteiger partial charge is 0.240 e. The van der Waals surface area contributed by atoms with E-state index in [1.807, 2.05) is 0 Å². The van der Waals surface area contributed by atoms with Crippen molar-refractivity contribution >= 4 is 34.8 Å². The Morgan fingerprint density at radius 3 is 2.86 bits per heavy atom. The summed E-state index contributed by atoms with van der Waals surface area (Å²) in [7, 11) is 0. The van der Waals surface area contributed by atoms with Crippen LogP contribution in [0.2, 0.25) is 10.0 Å². The van der Waals surface area contributed by atoms with Crippen molar-refractivity contribution < 1.29 is 14.3 Å². The predicted octanol–water partition coefficient (Wildman–Crippen LogP) is 3.99. The molecule has 5 nitrogen and oxygen atoms in total. The molecule has 114 valence electrons. The molecule has 1 aliphatic rings. The quantitative estimate of drug-likeness (QED) is 0.900. The number of hydrogen-bond donors (Lipinski definition) is 1. The molecule has 2 heterocycles. The van der Waals surface area contributed by atoms with Gasteiger partial charge in [0.15, 0.2) is 0 Å². The van der Waals surface area contributed by atoms with Crippen molar-refractivity contribution in [3.05, 3.63) is 51.9 Å². The zero-order valence-electron chi connectivity index (χ0n) is 11.6. The van der Waals surface area contributed by atoms with Crippen molar-refractivity contribution in [2.24, 2.45) is 5.10 Å². The maximum absolute atomic E-state index is 11.8. The highest BCUT2D eigenvalue weighted by molar-refractivity contribution is 6.36. The first-order chi connectivity index (χ1) is 10.5. The van der Waals surface area contributed by atoms with Gasteiger partial charge in [-0.1, -0.05) is 23.2 Å². The molecule has 2 aromatic rings. The average molecular weight is 339 g/mol. The third-order valence-electron chi connectivity index (χ3n) is 3.44. The van der Waals surface area contributed by atoms with E-state index in [0.29, 0.717) is 28.5 Å². The number of rotatable bonds is 2. The molecule has 1 aromatic heterocycles. The fraction of sp³-hybridized carbons (Fsp3) is 0.200. The summed E-state index contributed by atoms with van der Waals surface area (Å²) in [6, 6.07) is 6.21. The lowest BCUT2D eigenvalue weighted by molar-refractivity contribution is -0.130. The highest BCUT2D eigenvalue weighted by atomic mass is 35.5. The molecule has 0 bridgehead atoms. The van der Waals surface area contributed by atoms with Gasteiger partial charge in [-0.25, -0.2) is 5.01 Å². The Morgan fingerprint density at radius 2 is 2.23 bits per heavy atom. The van der Waals surface area contributed by atoms with E-state index in [1.54, 1.807) is 24.5 Å². The average Bonchev–Trinajstić information content (AvgIpc) is 3.10. The first kappa shape index (κ1) is 14.9. The molecule has 0 saturated carbocycles. The number of carbonyl (C=O) groups is 1. The van der Waals surface area contributed by atoms with Crippen LogP contribution in [-0.4, -0.2) is 21.7 Å². The van der Waals surface area contributed by atoms with Crippen molar-refractivity contribution in [2.45, 2.75) is 19.4 Å². The molecule has 1 aromatic carbocycles. The molecule has 0 aliphatic carbocycles. The standard InChI is InChI=1S/C15H12Cl2N2O3/c1-8(20)19-13(14-3-2-4-22-14)7-12(18-19)10-5-9(16)6-11(17)15(10)21/h2-6,13,21H,7H2,1H3. The Morgan fingerprint density at radius 1 is 1.45 bits per heavy atom. The molecule has 0 spiro atoms. The second-order valence-electron chi connectivity index (χ2n) is 4.93. The highest BCUT2D eigenvalue weighted by Gasteiger charge is 2.34. The second kappa shape index (κ2) is 5.66. The molecule has 1 amide bonds. The third-order valence-corrected chi connectivity index (χ3v) is 3.95. The lowest BCUT2D eigenvalue weighted by Gasteiger charge is -2.17.